The summed E-state index contributed by atoms with van der Waals surface area (Å²) in [5, 5.41) is 1.88. The molecule has 130 valence electrons. The van der Waals surface area contributed by atoms with E-state index in [2.05, 4.69) is 9.72 Å². The summed E-state index contributed by atoms with van der Waals surface area (Å²) in [6, 6.07) is 6.18. The molecule has 0 atom stereocenters. The summed E-state index contributed by atoms with van der Waals surface area (Å²) in [6.07, 6.45) is 0. The maximum atomic E-state index is 12.2. The van der Waals surface area contributed by atoms with Crippen LogP contribution in [0.1, 0.15) is 21.7 Å². The van der Waals surface area contributed by atoms with Gasteiger partial charge >= 0.3 is 5.97 Å². The van der Waals surface area contributed by atoms with Crippen LogP contribution >= 0.6 is 11.3 Å². The monoisotopic (exact) mass is 360 g/mol. The summed E-state index contributed by atoms with van der Waals surface area (Å²) in [5.41, 5.74) is 1.59. The third-order valence-corrected chi connectivity index (χ3v) is 4.53. The Kier molecular flexibility index (Phi) is 4.71. The Hall–Kier alpha value is -2.87. The predicted octanol–water partition coefficient (Wildman–Crippen LogP) is 2.44. The SMILES string of the molecule is COC(=O)c1ccc(OCc2cc(=O)n3c(C)csc3n2)c(OC)c1. The van der Waals surface area contributed by atoms with Crippen LogP contribution in [0.2, 0.25) is 0 Å². The molecule has 0 aliphatic rings. The van der Waals surface area contributed by atoms with Gasteiger partial charge in [0, 0.05) is 17.1 Å². The van der Waals surface area contributed by atoms with E-state index in [0.29, 0.717) is 27.7 Å². The second-order valence-corrected chi connectivity index (χ2v) is 6.06. The molecule has 0 aliphatic heterocycles. The maximum absolute atomic E-state index is 12.2. The number of carbonyl (C=O) groups is 1. The van der Waals surface area contributed by atoms with Crippen LogP contribution in [0.25, 0.3) is 4.96 Å². The molecule has 0 spiro atoms. The summed E-state index contributed by atoms with van der Waals surface area (Å²) < 4.78 is 17.2. The van der Waals surface area contributed by atoms with Crippen LogP contribution < -0.4 is 15.0 Å². The predicted molar refractivity (Wildman–Crippen MR) is 92.7 cm³/mol. The van der Waals surface area contributed by atoms with Crippen LogP contribution in [0.3, 0.4) is 0 Å². The van der Waals surface area contributed by atoms with Gasteiger partial charge in [0.25, 0.3) is 5.56 Å². The summed E-state index contributed by atoms with van der Waals surface area (Å²) in [6.45, 7) is 1.97. The van der Waals surface area contributed by atoms with Crippen molar-refractivity contribution >= 4 is 22.3 Å². The highest BCUT2D eigenvalue weighted by Gasteiger charge is 2.12. The van der Waals surface area contributed by atoms with Crippen molar-refractivity contribution in [1.29, 1.82) is 0 Å². The molecule has 0 saturated carbocycles. The first-order chi connectivity index (χ1) is 12.0. The Morgan fingerprint density at radius 1 is 1.24 bits per heavy atom. The van der Waals surface area contributed by atoms with Gasteiger partial charge in [0.2, 0.25) is 0 Å². The van der Waals surface area contributed by atoms with Crippen molar-refractivity contribution in [3.8, 4) is 11.5 Å². The number of esters is 1. The number of hydrogen-bond acceptors (Lipinski definition) is 7. The number of rotatable bonds is 5. The first-order valence-electron chi connectivity index (χ1n) is 7.39. The van der Waals surface area contributed by atoms with E-state index < -0.39 is 5.97 Å². The van der Waals surface area contributed by atoms with Crippen molar-refractivity contribution in [3.63, 3.8) is 0 Å². The number of hydrogen-bond donors (Lipinski definition) is 0. The zero-order valence-electron chi connectivity index (χ0n) is 13.9. The van der Waals surface area contributed by atoms with Gasteiger partial charge in [-0.2, -0.15) is 0 Å². The number of aryl methyl sites for hydroxylation is 1. The van der Waals surface area contributed by atoms with Crippen molar-refractivity contribution in [1.82, 2.24) is 9.38 Å². The molecule has 0 fully saturated rings. The molecule has 1 aromatic carbocycles. The lowest BCUT2D eigenvalue weighted by Crippen LogP contribution is -2.16. The van der Waals surface area contributed by atoms with Gasteiger partial charge in [0.05, 0.1) is 25.5 Å². The minimum absolute atomic E-state index is 0.108. The average Bonchev–Trinajstić information content (AvgIpc) is 3.00. The molecule has 3 rings (SSSR count). The molecule has 0 saturated heterocycles. The van der Waals surface area contributed by atoms with Crippen molar-refractivity contribution < 1.29 is 19.0 Å². The van der Waals surface area contributed by atoms with Gasteiger partial charge in [-0.3, -0.25) is 9.20 Å². The highest BCUT2D eigenvalue weighted by molar-refractivity contribution is 7.15. The third kappa shape index (κ3) is 3.34. The first-order valence-corrected chi connectivity index (χ1v) is 8.27. The number of methoxy groups -OCH3 is 2. The fourth-order valence-electron chi connectivity index (χ4n) is 2.36. The summed E-state index contributed by atoms with van der Waals surface area (Å²) >= 11 is 1.40. The third-order valence-electron chi connectivity index (χ3n) is 3.59. The Balaban J connectivity index is 1.84. The lowest BCUT2D eigenvalue weighted by atomic mass is 10.2. The van der Waals surface area contributed by atoms with Gasteiger partial charge in [0.15, 0.2) is 16.5 Å². The van der Waals surface area contributed by atoms with Gasteiger partial charge in [-0.05, 0) is 25.1 Å². The lowest BCUT2D eigenvalue weighted by molar-refractivity contribution is 0.0600. The number of thiazole rings is 1. The fraction of sp³-hybridized carbons (Fsp3) is 0.235. The van der Waals surface area contributed by atoms with Gasteiger partial charge in [-0.1, -0.05) is 0 Å². The molecule has 0 aliphatic carbocycles. The van der Waals surface area contributed by atoms with Crippen LogP contribution in [0.5, 0.6) is 11.5 Å². The van der Waals surface area contributed by atoms with Crippen molar-refractivity contribution in [3.05, 3.63) is 57.0 Å². The Bertz CT molecular complexity index is 992. The normalized spacial score (nSPS) is 10.7. The Labute approximate surface area is 147 Å². The average molecular weight is 360 g/mol. The van der Waals surface area contributed by atoms with Crippen molar-refractivity contribution in [2.24, 2.45) is 0 Å². The Morgan fingerprint density at radius 3 is 2.76 bits per heavy atom. The van der Waals surface area contributed by atoms with E-state index in [9.17, 15) is 9.59 Å². The largest absolute Gasteiger partial charge is 0.493 e. The number of nitrogens with zero attached hydrogens (tertiary/aromatic N) is 2. The van der Waals surface area contributed by atoms with Crippen molar-refractivity contribution in [2.45, 2.75) is 13.5 Å². The molecule has 0 amide bonds. The summed E-state index contributed by atoms with van der Waals surface area (Å²) in [5.74, 6) is 0.380. The minimum atomic E-state index is -0.460. The molecule has 0 radical (unpaired) electrons. The van der Waals surface area contributed by atoms with E-state index in [1.807, 2.05) is 12.3 Å². The van der Waals surface area contributed by atoms with E-state index in [1.54, 1.807) is 16.5 Å². The molecule has 7 nitrogen and oxygen atoms in total. The molecule has 0 unspecified atom stereocenters. The quantitative estimate of drug-likeness (QED) is 0.650. The molecular weight excluding hydrogens is 344 g/mol. The van der Waals surface area contributed by atoms with Crippen LogP contribution in [0.15, 0.2) is 34.4 Å². The van der Waals surface area contributed by atoms with Crippen LogP contribution in [-0.2, 0) is 11.3 Å². The second-order valence-electron chi connectivity index (χ2n) is 5.23. The van der Waals surface area contributed by atoms with E-state index in [0.717, 1.165) is 5.69 Å². The summed E-state index contributed by atoms with van der Waals surface area (Å²) in [7, 11) is 2.79. The zero-order chi connectivity index (χ0) is 18.0. The summed E-state index contributed by atoms with van der Waals surface area (Å²) in [4.78, 5) is 28.8. The standard InChI is InChI=1S/C17H16N2O5S/c1-10-9-25-17-18-12(7-15(20)19(10)17)8-24-13-5-4-11(16(21)23-3)6-14(13)22-2/h4-7,9H,8H2,1-3H3. The topological polar surface area (TPSA) is 79.1 Å². The van der Waals surface area contributed by atoms with Crippen LogP contribution in [-0.4, -0.2) is 29.6 Å². The van der Waals surface area contributed by atoms with E-state index in [-0.39, 0.29) is 12.2 Å². The van der Waals surface area contributed by atoms with Gasteiger partial charge in [-0.15, -0.1) is 11.3 Å². The number of benzene rings is 1. The molecule has 0 bridgehead atoms. The number of ether oxygens (including phenoxy) is 3. The van der Waals surface area contributed by atoms with E-state index in [4.69, 9.17) is 9.47 Å². The molecule has 25 heavy (non-hydrogen) atoms. The zero-order valence-corrected chi connectivity index (χ0v) is 14.8. The molecule has 3 aromatic rings. The molecular formula is C17H16N2O5S. The number of fused-ring (bicyclic) bond motifs is 1. The van der Waals surface area contributed by atoms with Crippen LogP contribution in [0, 0.1) is 6.92 Å². The number of aromatic nitrogens is 2. The molecule has 2 aromatic heterocycles. The Morgan fingerprint density at radius 2 is 2.04 bits per heavy atom. The van der Waals surface area contributed by atoms with Crippen LogP contribution in [0.4, 0.5) is 0 Å². The van der Waals surface area contributed by atoms with Gasteiger partial charge < -0.3 is 14.2 Å². The minimum Gasteiger partial charge on any atom is -0.493 e. The first kappa shape index (κ1) is 17.0. The van der Waals surface area contributed by atoms with Gasteiger partial charge in [0.1, 0.15) is 6.61 Å². The van der Waals surface area contributed by atoms with Gasteiger partial charge in [-0.25, -0.2) is 9.78 Å². The van der Waals surface area contributed by atoms with E-state index >= 15 is 0 Å². The molecule has 0 N–H and O–H groups in total. The van der Waals surface area contributed by atoms with E-state index in [1.165, 1.54) is 37.7 Å². The van der Waals surface area contributed by atoms with Crippen molar-refractivity contribution in [2.75, 3.05) is 14.2 Å². The highest BCUT2D eigenvalue weighted by atomic mass is 32.1. The second kappa shape index (κ2) is 6.94. The maximum Gasteiger partial charge on any atom is 0.337 e. The molecule has 8 heteroatoms. The molecule has 2 heterocycles. The number of carbonyl (C=O) groups excluding carboxylic acids is 1. The smallest absolute Gasteiger partial charge is 0.337 e. The highest BCUT2D eigenvalue weighted by Crippen LogP contribution is 2.29. The lowest BCUT2D eigenvalue weighted by Gasteiger charge is -2.11. The fourth-order valence-corrected chi connectivity index (χ4v) is 3.25.